The molecule has 0 aliphatic heterocycles. The van der Waals surface area contributed by atoms with Crippen molar-refractivity contribution in [2.24, 2.45) is 0 Å². The number of benzene rings is 2. The molecule has 0 fully saturated rings. The standard InChI is InChI=1S/2C12H10N6.2C8H5NO6.Co.2H2O/c2*13-18-11(9-5-1-3-7-14-9)16-17-12(18)10-6-2-4-8-15-10;2*10-7(11)4-1-5(8(12)13)3-6(2-4)9(14)15;;;/h2*1-8H,13H2;2*1-3H,(H,10,11)(H,12,13);;2*1H2/q;;;;+2;;. The van der Waals surface area contributed by atoms with Gasteiger partial charge in [-0.15, -0.1) is 20.4 Å². The van der Waals surface area contributed by atoms with Gasteiger partial charge in [0.1, 0.15) is 22.8 Å². The molecule has 0 saturated heterocycles. The van der Waals surface area contributed by atoms with E-state index >= 15 is 0 Å². The molecule has 8 aromatic rings. The van der Waals surface area contributed by atoms with E-state index in [0.29, 0.717) is 46.1 Å². The molecule has 28 nitrogen and oxygen atoms in total. The van der Waals surface area contributed by atoms with E-state index in [4.69, 9.17) is 21.9 Å². The largest absolute Gasteiger partial charge is 2.00 e. The second-order valence-electron chi connectivity index (χ2n) is 12.5. The Bertz CT molecular complexity index is 2560. The summed E-state index contributed by atoms with van der Waals surface area (Å²) in [4.78, 5) is 77.6. The SMILES string of the molecule is Nn1c(-c2ccccn2)nnc1-c1ccccn1.Nn1c(-c2ccccn2)nnc1-c1ccccn1.O=C([O-])c1cc(C(=O)O)cc([N+](=O)[O-])c1.O=C([O-])c1cc(C(=O)O)cc([N+](=O)[O-])c1.[Co+2].[OH3+].[OH3+]. The molecule has 0 aliphatic carbocycles. The fraction of sp³-hybridized carbons (Fsp3) is 0. The molecule has 1 radical (unpaired) electrons. The minimum Gasteiger partial charge on any atom is -0.545 e. The van der Waals surface area contributed by atoms with Gasteiger partial charge in [0.2, 0.25) is 23.3 Å². The molecule has 69 heavy (non-hydrogen) atoms. The van der Waals surface area contributed by atoms with Gasteiger partial charge in [0.15, 0.2) is 0 Å². The van der Waals surface area contributed by atoms with Crippen LogP contribution in [0.15, 0.2) is 134 Å². The van der Waals surface area contributed by atoms with Crippen molar-refractivity contribution in [3.63, 3.8) is 0 Å². The number of carbonyl (C=O) groups excluding carboxylic acids is 2. The van der Waals surface area contributed by atoms with E-state index < -0.39 is 67.4 Å². The van der Waals surface area contributed by atoms with Crippen LogP contribution >= 0.6 is 0 Å². The average Bonchev–Trinajstić information content (AvgIpc) is 3.92. The van der Waals surface area contributed by atoms with Crippen LogP contribution in [0.25, 0.3) is 46.1 Å². The normalized spacial score (nSPS) is 9.62. The van der Waals surface area contributed by atoms with E-state index in [1.807, 2.05) is 72.8 Å². The Morgan fingerprint density at radius 3 is 0.899 bits per heavy atom. The molecule has 0 spiro atoms. The molecule has 29 heteroatoms. The summed E-state index contributed by atoms with van der Waals surface area (Å²) in [6.45, 7) is 0. The maximum atomic E-state index is 10.5. The number of nitrogens with two attached hydrogens (primary N) is 2. The number of hydrogen-bond donors (Lipinski definition) is 4. The van der Waals surface area contributed by atoms with Crippen LogP contribution in [0.1, 0.15) is 41.4 Å². The molecule has 0 aliphatic rings. The van der Waals surface area contributed by atoms with Gasteiger partial charge in [0.25, 0.3) is 11.4 Å². The summed E-state index contributed by atoms with van der Waals surface area (Å²) in [5, 5.41) is 74.9. The first-order valence-corrected chi connectivity index (χ1v) is 18.1. The Kier molecular flexibility index (Phi) is 20.4. The number of carbonyl (C=O) groups is 4. The van der Waals surface area contributed by atoms with Gasteiger partial charge in [0, 0.05) is 60.2 Å². The Labute approximate surface area is 395 Å². The van der Waals surface area contributed by atoms with Crippen LogP contribution in [0.3, 0.4) is 0 Å². The van der Waals surface area contributed by atoms with Crippen molar-refractivity contribution in [2.45, 2.75) is 0 Å². The molecule has 0 amide bonds. The fourth-order valence-corrected chi connectivity index (χ4v) is 5.18. The number of nitrogen functional groups attached to an aromatic ring is 2. The Hall–Kier alpha value is -9.97. The van der Waals surface area contributed by atoms with Crippen LogP contribution < -0.4 is 21.9 Å². The molecule has 0 saturated carbocycles. The summed E-state index contributed by atoms with van der Waals surface area (Å²) in [6, 6.07) is 26.8. The second kappa shape index (κ2) is 25.5. The van der Waals surface area contributed by atoms with Crippen molar-refractivity contribution in [3.8, 4) is 46.1 Å². The number of carboxylic acid groups (broad SMARTS) is 4. The number of hydrogen-bond acceptors (Lipinski definition) is 20. The van der Waals surface area contributed by atoms with Gasteiger partial charge >= 0.3 is 28.7 Å². The van der Waals surface area contributed by atoms with Gasteiger partial charge in [-0.2, -0.15) is 0 Å². The third kappa shape index (κ3) is 14.5. The van der Waals surface area contributed by atoms with Crippen molar-refractivity contribution in [1.82, 2.24) is 49.7 Å². The van der Waals surface area contributed by atoms with Crippen LogP contribution in [0.2, 0.25) is 0 Å². The molecule has 6 heterocycles. The number of nitro benzene ring substituents is 2. The fourth-order valence-electron chi connectivity index (χ4n) is 5.18. The number of nitrogens with zero attached hydrogens (tertiary/aromatic N) is 12. The van der Waals surface area contributed by atoms with Crippen LogP contribution in [-0.4, -0.2) is 93.6 Å². The third-order valence-electron chi connectivity index (χ3n) is 8.19. The molecular weight excluding hydrogens is 959 g/mol. The van der Waals surface area contributed by atoms with Crippen LogP contribution in [0.4, 0.5) is 11.4 Å². The predicted octanol–water partition coefficient (Wildman–Crippen LogP) is -0.301. The summed E-state index contributed by atoms with van der Waals surface area (Å²) in [6.07, 6.45) is 6.74. The van der Waals surface area contributed by atoms with Crippen molar-refractivity contribution in [2.75, 3.05) is 11.7 Å². The van der Waals surface area contributed by atoms with Crippen LogP contribution in [-0.2, 0) is 27.7 Å². The Morgan fingerprint density at radius 1 is 0.464 bits per heavy atom. The predicted molar refractivity (Wildman–Crippen MR) is 232 cm³/mol. The maximum absolute atomic E-state index is 10.5. The molecule has 8 rings (SSSR count). The van der Waals surface area contributed by atoms with Crippen molar-refractivity contribution in [3.05, 3.63) is 176 Å². The van der Waals surface area contributed by atoms with Crippen LogP contribution in [0.5, 0.6) is 0 Å². The quantitative estimate of drug-likeness (QED) is 0.0591. The second-order valence-corrected chi connectivity index (χ2v) is 12.5. The van der Waals surface area contributed by atoms with E-state index in [0.717, 1.165) is 36.4 Å². The number of pyridine rings is 4. The van der Waals surface area contributed by atoms with E-state index in [2.05, 4.69) is 40.3 Å². The number of rotatable bonds is 10. The van der Waals surface area contributed by atoms with E-state index in [1.165, 1.54) is 9.35 Å². The number of aromatic nitrogens is 10. The third-order valence-corrected chi connectivity index (χ3v) is 8.19. The topological polar surface area (TPSA) is 472 Å². The Morgan fingerprint density at radius 2 is 0.710 bits per heavy atom. The number of non-ortho nitro benzene ring substituents is 2. The molecule has 2 aromatic carbocycles. The molecule has 12 N–H and O–H groups in total. The first-order valence-electron chi connectivity index (χ1n) is 18.1. The summed E-state index contributed by atoms with van der Waals surface area (Å²) in [5.41, 5.74) is -0.521. The van der Waals surface area contributed by atoms with E-state index in [-0.39, 0.29) is 27.7 Å². The Balaban J connectivity index is 0.000000313. The number of nitro groups is 2. The van der Waals surface area contributed by atoms with Gasteiger partial charge in [-0.3, -0.25) is 40.2 Å². The molecule has 6 aromatic heterocycles. The summed E-state index contributed by atoms with van der Waals surface area (Å²) in [5.74, 6) is 7.78. The molecule has 0 atom stereocenters. The molecule has 0 bridgehead atoms. The minimum atomic E-state index is -1.67. The number of aromatic carboxylic acids is 4. The summed E-state index contributed by atoms with van der Waals surface area (Å²) >= 11 is 0. The molecule has 355 valence electrons. The summed E-state index contributed by atoms with van der Waals surface area (Å²) in [7, 11) is 0. The van der Waals surface area contributed by atoms with Crippen molar-refractivity contribution in [1.29, 1.82) is 0 Å². The van der Waals surface area contributed by atoms with Crippen LogP contribution in [0, 0.1) is 20.2 Å². The first-order chi connectivity index (χ1) is 31.5. The maximum Gasteiger partial charge on any atom is 2.00 e. The van der Waals surface area contributed by atoms with Gasteiger partial charge in [-0.1, -0.05) is 24.3 Å². The monoisotopic (exact) mass is 993 g/mol. The zero-order chi connectivity index (χ0) is 47.9. The van der Waals surface area contributed by atoms with Crippen molar-refractivity contribution >= 4 is 35.3 Å². The van der Waals surface area contributed by atoms with E-state index in [1.54, 1.807) is 24.8 Å². The van der Waals surface area contributed by atoms with Gasteiger partial charge < -0.3 is 52.7 Å². The van der Waals surface area contributed by atoms with Gasteiger partial charge in [-0.05, 0) is 60.7 Å². The van der Waals surface area contributed by atoms with Gasteiger partial charge in [-0.25, -0.2) is 18.9 Å². The average molecular weight is 994 g/mol. The van der Waals surface area contributed by atoms with Gasteiger partial charge in [0.05, 0.1) is 32.9 Å². The van der Waals surface area contributed by atoms with E-state index in [9.17, 15) is 49.6 Å². The summed E-state index contributed by atoms with van der Waals surface area (Å²) < 4.78 is 2.79. The minimum absolute atomic E-state index is 0. The zero-order valence-electron chi connectivity index (χ0n) is 34.7. The number of carboxylic acids is 4. The zero-order valence-corrected chi connectivity index (χ0v) is 35.7. The molecular formula is C40H34CoN14O14+2. The smallest absolute Gasteiger partial charge is 0.545 e. The molecule has 0 unspecified atom stereocenters. The van der Waals surface area contributed by atoms with Crippen molar-refractivity contribution < 1.29 is 77.2 Å². The first kappa shape index (κ1) is 55.2.